The van der Waals surface area contributed by atoms with E-state index in [9.17, 15) is 4.79 Å². The van der Waals surface area contributed by atoms with Crippen LogP contribution in [0.1, 0.15) is 13.8 Å². The lowest BCUT2D eigenvalue weighted by atomic mass is 10.4. The topological polar surface area (TPSA) is 52.6 Å². The highest BCUT2D eigenvalue weighted by Crippen LogP contribution is 1.83. The summed E-state index contributed by atoms with van der Waals surface area (Å²) in [4.78, 5) is 12.8. The number of hydrogen-bond acceptors (Lipinski definition) is 3. The van der Waals surface area contributed by atoms with Gasteiger partial charge in [0.2, 0.25) is 5.91 Å². The molecule has 0 rings (SSSR count). The molecule has 0 aliphatic heterocycles. The molecule has 0 saturated heterocycles. The van der Waals surface area contributed by atoms with Gasteiger partial charge in [-0.15, -0.1) is 0 Å². The van der Waals surface area contributed by atoms with Gasteiger partial charge in [-0.1, -0.05) is 13.8 Å². The molecule has 1 amide bonds. The highest BCUT2D eigenvalue weighted by atomic mass is 16.3. The molecule has 0 unspecified atom stereocenters. The van der Waals surface area contributed by atoms with E-state index < -0.39 is 6.61 Å². The molecule has 2 N–H and O–H groups in total. The van der Waals surface area contributed by atoms with Crippen molar-refractivity contribution < 1.29 is 9.90 Å². The lowest BCUT2D eigenvalue weighted by molar-refractivity contribution is -0.123. The Morgan fingerprint density at radius 2 is 2.00 bits per heavy atom. The van der Waals surface area contributed by atoms with Gasteiger partial charge in [0.25, 0.3) is 0 Å². The molecule has 4 nitrogen and oxygen atoms in total. The van der Waals surface area contributed by atoms with Crippen LogP contribution in [0.3, 0.4) is 0 Å². The van der Waals surface area contributed by atoms with E-state index in [1.54, 1.807) is 0 Å². The molecule has 0 radical (unpaired) electrons. The summed E-state index contributed by atoms with van der Waals surface area (Å²) in [6, 6.07) is 0. The maximum atomic E-state index is 10.6. The van der Waals surface area contributed by atoms with E-state index in [1.165, 1.54) is 0 Å². The Balaban J connectivity index is 3.34. The fraction of sp³-hybridized carbons (Fsp3) is 0.875. The van der Waals surface area contributed by atoms with Crippen LogP contribution in [-0.4, -0.2) is 48.7 Å². The molecular formula is C8H18N2O2. The summed E-state index contributed by atoms with van der Waals surface area (Å²) in [7, 11) is 0. The van der Waals surface area contributed by atoms with Crippen LogP contribution in [0.4, 0.5) is 0 Å². The van der Waals surface area contributed by atoms with Crippen molar-refractivity contribution in [2.45, 2.75) is 13.8 Å². The van der Waals surface area contributed by atoms with Gasteiger partial charge < -0.3 is 15.3 Å². The normalized spacial score (nSPS) is 10.3. The Morgan fingerprint density at radius 1 is 1.42 bits per heavy atom. The first-order chi connectivity index (χ1) is 5.74. The number of rotatable bonds is 6. The van der Waals surface area contributed by atoms with Crippen molar-refractivity contribution in [3.05, 3.63) is 0 Å². The first-order valence-electron chi connectivity index (χ1n) is 4.34. The van der Waals surface area contributed by atoms with E-state index in [0.717, 1.165) is 19.6 Å². The second kappa shape index (κ2) is 7.06. The summed E-state index contributed by atoms with van der Waals surface area (Å²) in [6.45, 7) is 7.18. The molecule has 0 spiro atoms. The molecule has 4 heteroatoms. The number of hydrogen-bond donors (Lipinski definition) is 2. The van der Waals surface area contributed by atoms with Crippen molar-refractivity contribution in [3.8, 4) is 0 Å². The Bertz CT molecular complexity index is 124. The minimum Gasteiger partial charge on any atom is -0.387 e. The van der Waals surface area contributed by atoms with Crippen molar-refractivity contribution >= 4 is 5.91 Å². The fourth-order valence-electron chi connectivity index (χ4n) is 0.949. The van der Waals surface area contributed by atoms with E-state index in [4.69, 9.17) is 5.11 Å². The highest BCUT2D eigenvalue weighted by Gasteiger charge is 2.00. The molecule has 12 heavy (non-hydrogen) atoms. The number of carbonyl (C=O) groups excluding carboxylic acids is 1. The summed E-state index contributed by atoms with van der Waals surface area (Å²) in [5.74, 6) is -0.304. The zero-order valence-corrected chi connectivity index (χ0v) is 7.84. The predicted octanol–water partition coefficient (Wildman–Crippen LogP) is -0.563. The molecule has 0 aliphatic rings. The monoisotopic (exact) mass is 174 g/mol. The number of nitrogens with one attached hydrogen (secondary N) is 1. The third-order valence-corrected chi connectivity index (χ3v) is 1.79. The smallest absolute Gasteiger partial charge is 0.245 e. The standard InChI is InChI=1S/C8H18N2O2/c1-3-10(4-2)6-5-9-8(12)7-11/h11H,3-7H2,1-2H3,(H,9,12). The van der Waals surface area contributed by atoms with Gasteiger partial charge >= 0.3 is 0 Å². The van der Waals surface area contributed by atoms with Gasteiger partial charge in [0.05, 0.1) is 0 Å². The van der Waals surface area contributed by atoms with Gasteiger partial charge in [-0.3, -0.25) is 4.79 Å². The molecule has 0 aromatic carbocycles. The second-order valence-electron chi connectivity index (χ2n) is 2.53. The van der Waals surface area contributed by atoms with Crippen LogP contribution < -0.4 is 5.32 Å². The van der Waals surface area contributed by atoms with Crippen molar-refractivity contribution in [2.24, 2.45) is 0 Å². The van der Waals surface area contributed by atoms with Crippen LogP contribution >= 0.6 is 0 Å². The van der Waals surface area contributed by atoms with E-state index in [2.05, 4.69) is 24.1 Å². The van der Waals surface area contributed by atoms with Gasteiger partial charge in [-0.05, 0) is 13.1 Å². The minimum atomic E-state index is -0.418. The van der Waals surface area contributed by atoms with Crippen LogP contribution in [0.2, 0.25) is 0 Å². The summed E-state index contributed by atoms with van der Waals surface area (Å²) in [5, 5.41) is 11.0. The van der Waals surface area contributed by atoms with E-state index in [0.29, 0.717) is 6.54 Å². The second-order valence-corrected chi connectivity index (χ2v) is 2.53. The molecule has 0 saturated carbocycles. The zero-order chi connectivity index (χ0) is 9.40. The Morgan fingerprint density at radius 3 is 2.42 bits per heavy atom. The summed E-state index contributed by atoms with van der Waals surface area (Å²) < 4.78 is 0. The van der Waals surface area contributed by atoms with Crippen LogP contribution in [0.15, 0.2) is 0 Å². The van der Waals surface area contributed by atoms with Gasteiger partial charge in [0.15, 0.2) is 0 Å². The molecular weight excluding hydrogens is 156 g/mol. The maximum absolute atomic E-state index is 10.6. The summed E-state index contributed by atoms with van der Waals surface area (Å²) in [5.41, 5.74) is 0. The van der Waals surface area contributed by atoms with Gasteiger partial charge in [0, 0.05) is 13.1 Å². The predicted molar refractivity (Wildman–Crippen MR) is 47.9 cm³/mol. The first kappa shape index (κ1) is 11.4. The molecule has 0 aliphatic carbocycles. The highest BCUT2D eigenvalue weighted by molar-refractivity contribution is 5.76. The average Bonchev–Trinajstić information content (AvgIpc) is 2.12. The van der Waals surface area contributed by atoms with Crippen LogP contribution in [0.5, 0.6) is 0 Å². The quantitative estimate of drug-likeness (QED) is 0.567. The number of nitrogens with zero attached hydrogens (tertiary/aromatic N) is 1. The number of aliphatic hydroxyl groups is 1. The van der Waals surface area contributed by atoms with Gasteiger partial charge in [0.1, 0.15) is 6.61 Å². The van der Waals surface area contributed by atoms with Crippen molar-refractivity contribution in [1.82, 2.24) is 10.2 Å². The third-order valence-electron chi connectivity index (χ3n) is 1.79. The Hall–Kier alpha value is -0.610. The maximum Gasteiger partial charge on any atom is 0.245 e. The van der Waals surface area contributed by atoms with E-state index in [1.807, 2.05) is 0 Å². The number of likely N-dealkylation sites (N-methyl/N-ethyl adjacent to an activating group) is 1. The molecule has 0 heterocycles. The molecule has 0 atom stereocenters. The molecule has 0 fully saturated rings. The first-order valence-corrected chi connectivity index (χ1v) is 4.34. The fourth-order valence-corrected chi connectivity index (χ4v) is 0.949. The molecule has 0 aromatic rings. The lowest BCUT2D eigenvalue weighted by Crippen LogP contribution is -2.35. The van der Waals surface area contributed by atoms with E-state index in [-0.39, 0.29) is 5.91 Å². The van der Waals surface area contributed by atoms with Crippen LogP contribution in [0.25, 0.3) is 0 Å². The minimum absolute atomic E-state index is 0.304. The summed E-state index contributed by atoms with van der Waals surface area (Å²) in [6.07, 6.45) is 0. The molecule has 0 bridgehead atoms. The van der Waals surface area contributed by atoms with Crippen molar-refractivity contribution in [1.29, 1.82) is 0 Å². The summed E-state index contributed by atoms with van der Waals surface area (Å²) >= 11 is 0. The van der Waals surface area contributed by atoms with Crippen molar-refractivity contribution in [3.63, 3.8) is 0 Å². The van der Waals surface area contributed by atoms with Crippen molar-refractivity contribution in [2.75, 3.05) is 32.8 Å². The Labute approximate surface area is 73.6 Å². The lowest BCUT2D eigenvalue weighted by Gasteiger charge is -2.17. The molecule has 72 valence electrons. The van der Waals surface area contributed by atoms with E-state index >= 15 is 0 Å². The Kier molecular flexibility index (Phi) is 6.70. The SMILES string of the molecule is CCN(CC)CCNC(=O)CO. The number of amides is 1. The third kappa shape index (κ3) is 5.09. The van der Waals surface area contributed by atoms with Crippen LogP contribution in [-0.2, 0) is 4.79 Å². The van der Waals surface area contributed by atoms with Gasteiger partial charge in [-0.25, -0.2) is 0 Å². The van der Waals surface area contributed by atoms with Crippen LogP contribution in [0, 0.1) is 0 Å². The zero-order valence-electron chi connectivity index (χ0n) is 7.84. The number of carbonyl (C=O) groups is 1. The average molecular weight is 174 g/mol. The van der Waals surface area contributed by atoms with Gasteiger partial charge in [-0.2, -0.15) is 0 Å². The molecule has 0 aromatic heterocycles. The number of aliphatic hydroxyl groups excluding tert-OH is 1. The largest absolute Gasteiger partial charge is 0.387 e.